The molecule has 1 unspecified atom stereocenters. The molecule has 8 heteroatoms. The van der Waals surface area contributed by atoms with E-state index in [-0.39, 0.29) is 16.9 Å². The molecule has 3 N–H and O–H groups in total. The largest absolute Gasteiger partial charge is 0.384 e. The van der Waals surface area contributed by atoms with Gasteiger partial charge in [-0.2, -0.15) is 5.10 Å². The average molecular weight is 407 g/mol. The molecular weight excluding hydrogens is 376 g/mol. The predicted molar refractivity (Wildman–Crippen MR) is 112 cm³/mol. The van der Waals surface area contributed by atoms with Crippen LogP contribution >= 0.6 is 0 Å². The molecule has 1 aromatic carbocycles. The van der Waals surface area contributed by atoms with Crippen LogP contribution in [-0.2, 0) is 23.6 Å². The number of hydrogen-bond donors (Lipinski definition) is 3. The van der Waals surface area contributed by atoms with Gasteiger partial charge in [0.2, 0.25) is 0 Å². The Bertz CT molecular complexity index is 856. The van der Waals surface area contributed by atoms with Gasteiger partial charge in [-0.05, 0) is 36.8 Å². The molecule has 2 aromatic rings. The third kappa shape index (κ3) is 4.99. The first-order valence-corrected chi connectivity index (χ1v) is 10.5. The van der Waals surface area contributed by atoms with Gasteiger partial charge in [0, 0.05) is 18.8 Å². The molecule has 0 aliphatic carbocycles. The number of aliphatic hydroxyl groups is 1. The van der Waals surface area contributed by atoms with Crippen molar-refractivity contribution in [3.63, 3.8) is 0 Å². The average Bonchev–Trinajstić information content (AvgIpc) is 2.96. The Morgan fingerprint density at radius 3 is 2.14 bits per heavy atom. The minimum Gasteiger partial charge on any atom is -0.384 e. The van der Waals surface area contributed by atoms with Gasteiger partial charge >= 0.3 is 6.03 Å². The van der Waals surface area contributed by atoms with Crippen molar-refractivity contribution in [2.45, 2.75) is 64.0 Å². The first-order chi connectivity index (χ1) is 12.9. The van der Waals surface area contributed by atoms with Crippen LogP contribution in [0.2, 0.25) is 0 Å². The van der Waals surface area contributed by atoms with Crippen LogP contribution < -0.4 is 10.0 Å². The molecule has 28 heavy (non-hydrogen) atoms. The number of rotatable bonds is 6. The van der Waals surface area contributed by atoms with Gasteiger partial charge in [0.1, 0.15) is 5.60 Å². The summed E-state index contributed by atoms with van der Waals surface area (Å²) >= 11 is 0. The highest BCUT2D eigenvalue weighted by Crippen LogP contribution is 2.32. The van der Waals surface area contributed by atoms with Crippen LogP contribution in [0.15, 0.2) is 29.3 Å². The van der Waals surface area contributed by atoms with E-state index in [0.29, 0.717) is 5.69 Å². The fraction of sp³-hybridized carbons (Fsp3) is 0.500. The molecule has 1 heterocycles. The van der Waals surface area contributed by atoms with E-state index in [1.807, 2.05) is 18.2 Å². The molecule has 7 nitrogen and oxygen atoms in total. The van der Waals surface area contributed by atoms with Crippen LogP contribution in [0.25, 0.3) is 0 Å². The maximum absolute atomic E-state index is 12.6. The van der Waals surface area contributed by atoms with Crippen molar-refractivity contribution >= 4 is 22.7 Å². The van der Waals surface area contributed by atoms with Gasteiger partial charge in [0.05, 0.1) is 5.69 Å². The van der Waals surface area contributed by atoms with E-state index in [1.54, 1.807) is 20.9 Å². The lowest BCUT2D eigenvalue weighted by atomic mass is 9.93. The summed E-state index contributed by atoms with van der Waals surface area (Å²) in [5, 5.41) is 17.3. The van der Waals surface area contributed by atoms with Crippen molar-refractivity contribution in [2.75, 3.05) is 5.32 Å². The Morgan fingerprint density at radius 2 is 1.71 bits per heavy atom. The van der Waals surface area contributed by atoms with Gasteiger partial charge in [0.15, 0.2) is 16.0 Å². The van der Waals surface area contributed by atoms with Crippen molar-refractivity contribution in [1.29, 1.82) is 0 Å². The summed E-state index contributed by atoms with van der Waals surface area (Å²) in [6.45, 7) is 11.5. The van der Waals surface area contributed by atoms with Crippen LogP contribution in [0.5, 0.6) is 0 Å². The summed E-state index contributed by atoms with van der Waals surface area (Å²) in [5.41, 5.74) is 2.17. The zero-order valence-electron chi connectivity index (χ0n) is 17.5. The highest BCUT2D eigenvalue weighted by molar-refractivity contribution is 7.83. The number of benzene rings is 1. The molecule has 0 bridgehead atoms. The second-order valence-corrected chi connectivity index (χ2v) is 9.16. The maximum Gasteiger partial charge on any atom is 0.331 e. The molecule has 154 valence electrons. The van der Waals surface area contributed by atoms with Gasteiger partial charge in [0.25, 0.3) is 0 Å². The highest BCUT2D eigenvalue weighted by Gasteiger charge is 2.24. The standard InChI is InChI=1S/C20H30N4O3S/c1-12(2)14-9-8-10-15(13(3)4)18(14)21-19(25)23-28(27)17-11-16(20(5,6)26)24(7)22-17/h8-13,26H,1-7H3,(H2,21,23,25). The molecule has 1 aromatic heterocycles. The fourth-order valence-corrected chi connectivity index (χ4v) is 3.81. The van der Waals surface area contributed by atoms with E-state index >= 15 is 0 Å². The Hall–Kier alpha value is -2.19. The smallest absolute Gasteiger partial charge is 0.331 e. The summed E-state index contributed by atoms with van der Waals surface area (Å²) in [6, 6.07) is 6.91. The van der Waals surface area contributed by atoms with Crippen LogP contribution in [-0.4, -0.2) is 25.1 Å². The number of carbonyl (C=O) groups excluding carboxylic acids is 1. The molecule has 0 aliphatic rings. The lowest BCUT2D eigenvalue weighted by Gasteiger charge is -2.20. The number of aryl methyl sites for hydroxylation is 1. The third-order valence-corrected chi connectivity index (χ3v) is 5.42. The number of urea groups is 1. The van der Waals surface area contributed by atoms with E-state index in [9.17, 15) is 14.1 Å². The van der Waals surface area contributed by atoms with E-state index in [2.05, 4.69) is 42.8 Å². The molecule has 1 atom stereocenters. The summed E-state index contributed by atoms with van der Waals surface area (Å²) in [7, 11) is -0.197. The topological polar surface area (TPSA) is 96.3 Å². The van der Waals surface area contributed by atoms with E-state index in [4.69, 9.17) is 0 Å². The first-order valence-electron chi connectivity index (χ1n) is 9.31. The van der Waals surface area contributed by atoms with Crippen molar-refractivity contribution in [3.05, 3.63) is 41.1 Å². The second kappa shape index (κ2) is 8.45. The summed E-state index contributed by atoms with van der Waals surface area (Å²) < 4.78 is 16.4. The van der Waals surface area contributed by atoms with Gasteiger partial charge in [-0.1, -0.05) is 45.9 Å². The minimum absolute atomic E-state index is 0.177. The van der Waals surface area contributed by atoms with E-state index in [0.717, 1.165) is 16.8 Å². The lowest BCUT2D eigenvalue weighted by molar-refractivity contribution is 0.0695. The number of nitrogens with one attached hydrogen (secondary N) is 2. The predicted octanol–water partition coefficient (Wildman–Crippen LogP) is 3.74. The number of aromatic nitrogens is 2. The normalized spacial score (nSPS) is 13.1. The quantitative estimate of drug-likeness (QED) is 0.681. The monoisotopic (exact) mass is 406 g/mol. The second-order valence-electron chi connectivity index (χ2n) is 8.00. The van der Waals surface area contributed by atoms with Crippen molar-refractivity contribution in [2.24, 2.45) is 7.05 Å². The first kappa shape index (κ1) is 22.1. The van der Waals surface area contributed by atoms with Gasteiger partial charge < -0.3 is 10.4 Å². The van der Waals surface area contributed by atoms with Gasteiger partial charge in [-0.3, -0.25) is 9.40 Å². The Kier molecular flexibility index (Phi) is 6.67. The van der Waals surface area contributed by atoms with Crippen LogP contribution in [0.3, 0.4) is 0 Å². The molecule has 2 amide bonds. The van der Waals surface area contributed by atoms with Crippen molar-refractivity contribution in [3.8, 4) is 0 Å². The van der Waals surface area contributed by atoms with Gasteiger partial charge in [-0.25, -0.2) is 9.00 Å². The SMILES string of the molecule is CC(C)c1cccc(C(C)C)c1NC(=O)NS(=O)c1cc(C(C)(C)O)n(C)n1. The molecule has 0 fully saturated rings. The summed E-state index contributed by atoms with van der Waals surface area (Å²) in [6.07, 6.45) is 0. The Balaban J connectivity index is 2.22. The number of carbonyl (C=O) groups is 1. The van der Waals surface area contributed by atoms with Crippen LogP contribution in [0, 0.1) is 0 Å². The molecule has 0 aliphatic heterocycles. The van der Waals surface area contributed by atoms with Crippen molar-refractivity contribution in [1.82, 2.24) is 14.5 Å². The molecule has 0 saturated carbocycles. The summed E-state index contributed by atoms with van der Waals surface area (Å²) in [4.78, 5) is 12.5. The lowest BCUT2D eigenvalue weighted by Crippen LogP contribution is -2.31. The van der Waals surface area contributed by atoms with Crippen LogP contribution in [0.4, 0.5) is 10.5 Å². The molecule has 0 radical (unpaired) electrons. The fourth-order valence-electron chi connectivity index (χ4n) is 3.08. The number of hydrogen-bond acceptors (Lipinski definition) is 4. The van der Waals surface area contributed by atoms with Crippen LogP contribution in [0.1, 0.15) is 70.2 Å². The van der Waals surface area contributed by atoms with Crippen molar-refractivity contribution < 1.29 is 14.1 Å². The summed E-state index contributed by atoms with van der Waals surface area (Å²) in [5.74, 6) is 0.453. The molecular formula is C20H30N4O3S. The molecule has 0 saturated heterocycles. The zero-order valence-corrected chi connectivity index (χ0v) is 18.3. The number of para-hydroxylation sites is 1. The van der Waals surface area contributed by atoms with E-state index < -0.39 is 22.6 Å². The highest BCUT2D eigenvalue weighted by atomic mass is 32.2. The number of nitrogens with zero attached hydrogens (tertiary/aromatic N) is 2. The minimum atomic E-state index is -1.85. The third-order valence-electron chi connectivity index (χ3n) is 4.47. The number of amides is 2. The van der Waals surface area contributed by atoms with Gasteiger partial charge in [-0.15, -0.1) is 0 Å². The Labute approximate surface area is 169 Å². The molecule has 2 rings (SSSR count). The molecule has 0 spiro atoms. The maximum atomic E-state index is 12.6. The van der Waals surface area contributed by atoms with E-state index in [1.165, 1.54) is 10.7 Å². The Morgan fingerprint density at radius 1 is 1.18 bits per heavy atom. The zero-order chi connectivity index (χ0) is 21.2. The number of anilines is 1.